The van der Waals surface area contributed by atoms with Crippen LogP contribution in [0.1, 0.15) is 18.4 Å². The molecular formula is C15H20Cl2N2. The summed E-state index contributed by atoms with van der Waals surface area (Å²) in [6.45, 7) is 5.76. The Morgan fingerprint density at radius 3 is 2.42 bits per heavy atom. The highest BCUT2D eigenvalue weighted by Gasteiger charge is 2.26. The van der Waals surface area contributed by atoms with Gasteiger partial charge in [0.05, 0.1) is 10.7 Å². The summed E-state index contributed by atoms with van der Waals surface area (Å²) in [5.74, 6) is 1.51. The third-order valence-electron chi connectivity index (χ3n) is 4.09. The molecule has 0 bridgehead atoms. The number of halogens is 2. The Kier molecular flexibility index (Phi) is 4.21. The first-order valence-corrected chi connectivity index (χ1v) is 7.99. The molecule has 3 rings (SSSR count). The van der Waals surface area contributed by atoms with Crippen LogP contribution in [0.5, 0.6) is 0 Å². The molecular weight excluding hydrogens is 279 g/mol. The van der Waals surface area contributed by atoms with E-state index in [4.69, 9.17) is 23.2 Å². The maximum absolute atomic E-state index is 6.36. The summed E-state index contributed by atoms with van der Waals surface area (Å²) in [4.78, 5) is 4.99. The number of nitrogens with zero attached hydrogens (tertiary/aromatic N) is 2. The Bertz CT molecular complexity index is 438. The highest BCUT2D eigenvalue weighted by Crippen LogP contribution is 2.31. The third-order valence-corrected chi connectivity index (χ3v) is 4.70. The van der Waals surface area contributed by atoms with Crippen molar-refractivity contribution in [2.75, 3.05) is 37.6 Å². The van der Waals surface area contributed by atoms with Crippen LogP contribution in [-0.4, -0.2) is 37.6 Å². The van der Waals surface area contributed by atoms with Gasteiger partial charge in [-0.1, -0.05) is 17.7 Å². The fraction of sp³-hybridized carbons (Fsp3) is 0.600. The van der Waals surface area contributed by atoms with Gasteiger partial charge in [0.1, 0.15) is 0 Å². The van der Waals surface area contributed by atoms with E-state index < -0.39 is 0 Å². The zero-order valence-electron chi connectivity index (χ0n) is 11.1. The maximum atomic E-state index is 6.36. The molecule has 0 atom stereocenters. The Labute approximate surface area is 125 Å². The van der Waals surface area contributed by atoms with Gasteiger partial charge in [-0.2, -0.15) is 0 Å². The van der Waals surface area contributed by atoms with Crippen LogP contribution < -0.4 is 4.90 Å². The van der Waals surface area contributed by atoms with E-state index in [0.29, 0.717) is 5.88 Å². The number of piperazine rings is 1. The molecule has 0 amide bonds. The smallest absolute Gasteiger partial charge is 0.0642 e. The number of benzene rings is 1. The van der Waals surface area contributed by atoms with Crippen LogP contribution in [0.3, 0.4) is 0 Å². The van der Waals surface area contributed by atoms with Crippen molar-refractivity contribution in [3.63, 3.8) is 0 Å². The molecule has 2 nitrogen and oxygen atoms in total. The van der Waals surface area contributed by atoms with E-state index in [1.807, 2.05) is 6.07 Å². The van der Waals surface area contributed by atoms with Crippen molar-refractivity contribution in [1.29, 1.82) is 0 Å². The predicted molar refractivity (Wildman–Crippen MR) is 82.4 cm³/mol. The highest BCUT2D eigenvalue weighted by molar-refractivity contribution is 6.33. The van der Waals surface area contributed by atoms with Crippen molar-refractivity contribution in [3.8, 4) is 0 Å². The van der Waals surface area contributed by atoms with E-state index in [1.54, 1.807) is 0 Å². The summed E-state index contributed by atoms with van der Waals surface area (Å²) in [7, 11) is 0. The molecule has 1 aromatic carbocycles. The zero-order chi connectivity index (χ0) is 13.2. The van der Waals surface area contributed by atoms with Gasteiger partial charge in [-0.05, 0) is 36.5 Å². The van der Waals surface area contributed by atoms with Crippen LogP contribution in [-0.2, 0) is 5.88 Å². The Hall–Kier alpha value is -0.440. The van der Waals surface area contributed by atoms with Gasteiger partial charge in [0, 0.05) is 38.6 Å². The quantitative estimate of drug-likeness (QED) is 0.784. The molecule has 0 aromatic heterocycles. The molecule has 1 heterocycles. The SMILES string of the molecule is ClCc1ccc(N2CCN(CC3CC3)CC2)c(Cl)c1. The Balaban J connectivity index is 1.60. The summed E-state index contributed by atoms with van der Waals surface area (Å²) in [6, 6.07) is 6.17. The van der Waals surface area contributed by atoms with Crippen molar-refractivity contribution < 1.29 is 0 Å². The van der Waals surface area contributed by atoms with Gasteiger partial charge in [0.15, 0.2) is 0 Å². The number of anilines is 1. The first-order chi connectivity index (χ1) is 9.26. The van der Waals surface area contributed by atoms with Crippen molar-refractivity contribution in [3.05, 3.63) is 28.8 Å². The Morgan fingerprint density at radius 1 is 1.11 bits per heavy atom. The number of hydrogen-bond acceptors (Lipinski definition) is 2. The molecule has 1 saturated carbocycles. The molecule has 1 aliphatic carbocycles. The van der Waals surface area contributed by atoms with E-state index >= 15 is 0 Å². The average Bonchev–Trinajstić information content (AvgIpc) is 3.24. The lowest BCUT2D eigenvalue weighted by Crippen LogP contribution is -2.47. The monoisotopic (exact) mass is 298 g/mol. The first kappa shape index (κ1) is 13.5. The lowest BCUT2D eigenvalue weighted by Gasteiger charge is -2.36. The second-order valence-electron chi connectivity index (χ2n) is 5.65. The van der Waals surface area contributed by atoms with Crippen molar-refractivity contribution >= 4 is 28.9 Å². The molecule has 2 fully saturated rings. The summed E-state index contributed by atoms with van der Waals surface area (Å²) >= 11 is 12.2. The minimum Gasteiger partial charge on any atom is -0.368 e. The molecule has 1 aromatic rings. The fourth-order valence-electron chi connectivity index (χ4n) is 2.73. The van der Waals surface area contributed by atoms with E-state index in [1.165, 1.54) is 19.4 Å². The summed E-state index contributed by atoms with van der Waals surface area (Å²) in [6.07, 6.45) is 2.87. The van der Waals surface area contributed by atoms with Crippen LogP contribution in [0.25, 0.3) is 0 Å². The van der Waals surface area contributed by atoms with Crippen LogP contribution in [0.4, 0.5) is 5.69 Å². The molecule has 104 valence electrons. The molecule has 1 saturated heterocycles. The van der Waals surface area contributed by atoms with E-state index in [9.17, 15) is 0 Å². The molecule has 0 unspecified atom stereocenters. The van der Waals surface area contributed by atoms with E-state index in [-0.39, 0.29) is 0 Å². The van der Waals surface area contributed by atoms with E-state index in [2.05, 4.69) is 21.9 Å². The summed E-state index contributed by atoms with van der Waals surface area (Å²) < 4.78 is 0. The zero-order valence-corrected chi connectivity index (χ0v) is 12.6. The summed E-state index contributed by atoms with van der Waals surface area (Å²) in [5.41, 5.74) is 2.24. The highest BCUT2D eigenvalue weighted by atomic mass is 35.5. The molecule has 19 heavy (non-hydrogen) atoms. The standard InChI is InChI=1S/C15H20Cl2N2/c16-10-13-3-4-15(14(17)9-13)19-7-5-18(6-8-19)11-12-1-2-12/h3-4,9,12H,1-2,5-8,10-11H2. The number of rotatable bonds is 4. The first-order valence-electron chi connectivity index (χ1n) is 7.08. The van der Waals surface area contributed by atoms with Gasteiger partial charge in [-0.25, -0.2) is 0 Å². The Morgan fingerprint density at radius 2 is 1.84 bits per heavy atom. The second kappa shape index (κ2) is 5.90. The molecule has 0 N–H and O–H groups in total. The minimum absolute atomic E-state index is 0.523. The summed E-state index contributed by atoms with van der Waals surface area (Å²) in [5, 5.41) is 0.828. The number of hydrogen-bond donors (Lipinski definition) is 0. The fourth-order valence-corrected chi connectivity index (χ4v) is 3.22. The lowest BCUT2D eigenvalue weighted by atomic mass is 10.2. The number of alkyl halides is 1. The van der Waals surface area contributed by atoms with Gasteiger partial charge < -0.3 is 4.90 Å². The van der Waals surface area contributed by atoms with Crippen molar-refractivity contribution in [1.82, 2.24) is 4.90 Å². The molecule has 0 radical (unpaired) electrons. The van der Waals surface area contributed by atoms with Crippen LogP contribution >= 0.6 is 23.2 Å². The maximum Gasteiger partial charge on any atom is 0.0642 e. The van der Waals surface area contributed by atoms with Crippen LogP contribution in [0, 0.1) is 5.92 Å². The average molecular weight is 299 g/mol. The van der Waals surface area contributed by atoms with Crippen molar-refractivity contribution in [2.45, 2.75) is 18.7 Å². The normalized spacial score (nSPS) is 20.8. The van der Waals surface area contributed by atoms with Gasteiger partial charge >= 0.3 is 0 Å². The van der Waals surface area contributed by atoms with Gasteiger partial charge in [-0.15, -0.1) is 11.6 Å². The topological polar surface area (TPSA) is 6.48 Å². The third kappa shape index (κ3) is 3.36. The van der Waals surface area contributed by atoms with Gasteiger partial charge in [0.2, 0.25) is 0 Å². The molecule has 4 heteroatoms. The molecule has 1 aliphatic heterocycles. The van der Waals surface area contributed by atoms with Gasteiger partial charge in [-0.3, -0.25) is 4.90 Å². The van der Waals surface area contributed by atoms with Gasteiger partial charge in [0.25, 0.3) is 0 Å². The second-order valence-corrected chi connectivity index (χ2v) is 6.32. The lowest BCUT2D eigenvalue weighted by molar-refractivity contribution is 0.248. The molecule has 2 aliphatic rings. The predicted octanol–water partition coefficient (Wildman–Crippen LogP) is 3.61. The van der Waals surface area contributed by atoms with Crippen molar-refractivity contribution in [2.24, 2.45) is 5.92 Å². The van der Waals surface area contributed by atoms with E-state index in [0.717, 1.165) is 48.4 Å². The van der Waals surface area contributed by atoms with Crippen LogP contribution in [0.2, 0.25) is 5.02 Å². The molecule has 0 spiro atoms. The largest absolute Gasteiger partial charge is 0.368 e. The van der Waals surface area contributed by atoms with Crippen LogP contribution in [0.15, 0.2) is 18.2 Å². The minimum atomic E-state index is 0.523.